The van der Waals surface area contributed by atoms with Crippen LogP contribution in [-0.2, 0) is 22.6 Å². The number of benzene rings is 1. The van der Waals surface area contributed by atoms with E-state index < -0.39 is 30.6 Å². The Hall–Kier alpha value is -1.92. The molecule has 1 aliphatic heterocycles. The van der Waals surface area contributed by atoms with Crippen LogP contribution in [0.2, 0.25) is 0 Å². The molecule has 1 aliphatic rings. The molecule has 0 aliphatic carbocycles. The van der Waals surface area contributed by atoms with Gasteiger partial charge in [0.1, 0.15) is 6.04 Å². The van der Waals surface area contributed by atoms with Crippen molar-refractivity contribution in [2.75, 3.05) is 6.61 Å². The minimum absolute atomic E-state index is 0.407. The molecule has 0 saturated carbocycles. The average Bonchev–Trinajstić information content (AvgIpc) is 2.43. The summed E-state index contributed by atoms with van der Waals surface area (Å²) < 4.78 is 0. The third-order valence-corrected chi connectivity index (χ3v) is 3.19. The fourth-order valence-electron chi connectivity index (χ4n) is 2.10. The number of aliphatic hydroxyl groups is 1. The van der Waals surface area contributed by atoms with Crippen LogP contribution in [0.15, 0.2) is 24.3 Å². The van der Waals surface area contributed by atoms with Crippen molar-refractivity contribution in [3.63, 3.8) is 0 Å². The van der Waals surface area contributed by atoms with Gasteiger partial charge in [-0.2, -0.15) is 0 Å². The van der Waals surface area contributed by atoms with E-state index in [9.17, 15) is 9.59 Å². The summed E-state index contributed by atoms with van der Waals surface area (Å²) in [7, 11) is 0. The predicted molar refractivity (Wildman–Crippen MR) is 67.4 cm³/mol. The second kappa shape index (κ2) is 5.81. The highest BCUT2D eigenvalue weighted by Gasteiger charge is 2.27. The van der Waals surface area contributed by atoms with E-state index in [0.29, 0.717) is 13.0 Å². The summed E-state index contributed by atoms with van der Waals surface area (Å²) in [6.07, 6.45) is 0.514. The molecule has 4 N–H and O–H groups in total. The third-order valence-electron chi connectivity index (χ3n) is 3.19. The first-order valence-electron chi connectivity index (χ1n) is 6.06. The van der Waals surface area contributed by atoms with Crippen LogP contribution in [0, 0.1) is 0 Å². The van der Waals surface area contributed by atoms with Crippen molar-refractivity contribution in [3.05, 3.63) is 35.4 Å². The molecule has 0 saturated heterocycles. The van der Waals surface area contributed by atoms with Gasteiger partial charge in [0, 0.05) is 6.54 Å². The second-order valence-electron chi connectivity index (χ2n) is 4.49. The molecule has 6 heteroatoms. The monoisotopic (exact) mass is 264 g/mol. The largest absolute Gasteiger partial charge is 0.480 e. The van der Waals surface area contributed by atoms with Gasteiger partial charge in [-0.3, -0.25) is 4.79 Å². The van der Waals surface area contributed by atoms with Crippen molar-refractivity contribution >= 4 is 11.9 Å². The number of carbonyl (C=O) groups is 2. The van der Waals surface area contributed by atoms with Crippen LogP contribution in [0.3, 0.4) is 0 Å². The van der Waals surface area contributed by atoms with Crippen molar-refractivity contribution in [2.45, 2.75) is 25.0 Å². The van der Waals surface area contributed by atoms with Gasteiger partial charge in [-0.25, -0.2) is 4.79 Å². The Morgan fingerprint density at radius 1 is 1.37 bits per heavy atom. The molecular weight excluding hydrogens is 248 g/mol. The summed E-state index contributed by atoms with van der Waals surface area (Å²) in [4.78, 5) is 22.7. The second-order valence-corrected chi connectivity index (χ2v) is 4.49. The molecule has 1 amide bonds. The minimum atomic E-state index is -1.26. The maximum atomic E-state index is 11.9. The summed E-state index contributed by atoms with van der Waals surface area (Å²) in [5.74, 6) is -1.65. The van der Waals surface area contributed by atoms with Crippen LogP contribution in [-0.4, -0.2) is 40.8 Å². The molecule has 0 spiro atoms. The van der Waals surface area contributed by atoms with Crippen LogP contribution >= 0.6 is 0 Å². The maximum Gasteiger partial charge on any atom is 0.328 e. The van der Waals surface area contributed by atoms with E-state index in [2.05, 4.69) is 10.6 Å². The zero-order chi connectivity index (χ0) is 13.8. The first-order chi connectivity index (χ1) is 9.11. The number of amides is 1. The van der Waals surface area contributed by atoms with Gasteiger partial charge in [-0.05, 0) is 17.5 Å². The van der Waals surface area contributed by atoms with Crippen LogP contribution in [0.25, 0.3) is 0 Å². The summed E-state index contributed by atoms with van der Waals surface area (Å²) in [5, 5.41) is 23.0. The Kier molecular flexibility index (Phi) is 4.13. The highest BCUT2D eigenvalue weighted by atomic mass is 16.4. The molecule has 2 atom stereocenters. The SMILES string of the molecule is O=C(N[C@@H](CO)C(=O)O)C1Cc2ccccc2CN1. The van der Waals surface area contributed by atoms with Gasteiger partial charge in [-0.1, -0.05) is 24.3 Å². The van der Waals surface area contributed by atoms with Gasteiger partial charge in [0.05, 0.1) is 12.6 Å². The molecule has 102 valence electrons. The third kappa shape index (κ3) is 3.10. The number of carbonyl (C=O) groups excluding carboxylic acids is 1. The number of rotatable bonds is 4. The van der Waals surface area contributed by atoms with Gasteiger partial charge in [0.15, 0.2) is 0 Å². The molecule has 0 aromatic heterocycles. The maximum absolute atomic E-state index is 11.9. The number of hydrogen-bond acceptors (Lipinski definition) is 4. The van der Waals surface area contributed by atoms with E-state index in [1.165, 1.54) is 0 Å². The number of carboxylic acids is 1. The lowest BCUT2D eigenvalue weighted by atomic mass is 9.95. The lowest BCUT2D eigenvalue weighted by molar-refractivity contribution is -0.143. The average molecular weight is 264 g/mol. The number of carboxylic acid groups (broad SMARTS) is 1. The van der Waals surface area contributed by atoms with Crippen molar-refractivity contribution < 1.29 is 19.8 Å². The van der Waals surface area contributed by atoms with Gasteiger partial charge in [0.2, 0.25) is 5.91 Å². The quantitative estimate of drug-likeness (QED) is 0.574. The summed E-state index contributed by atoms with van der Waals surface area (Å²) >= 11 is 0. The minimum Gasteiger partial charge on any atom is -0.480 e. The van der Waals surface area contributed by atoms with Crippen LogP contribution in [0.4, 0.5) is 0 Å². The summed E-state index contributed by atoms with van der Waals surface area (Å²) in [6, 6.07) is 6.07. The van der Waals surface area contributed by atoms with Gasteiger partial charge in [-0.15, -0.1) is 0 Å². The number of fused-ring (bicyclic) bond motifs is 1. The molecule has 1 aromatic carbocycles. The Bertz CT molecular complexity index is 489. The smallest absolute Gasteiger partial charge is 0.328 e. The van der Waals surface area contributed by atoms with Crippen molar-refractivity contribution in [1.82, 2.24) is 10.6 Å². The Morgan fingerprint density at radius 2 is 2.05 bits per heavy atom. The van der Waals surface area contributed by atoms with E-state index in [1.54, 1.807) is 0 Å². The van der Waals surface area contributed by atoms with E-state index in [1.807, 2.05) is 24.3 Å². The lowest BCUT2D eigenvalue weighted by Crippen LogP contribution is -2.53. The zero-order valence-corrected chi connectivity index (χ0v) is 10.3. The molecular formula is C13H16N2O4. The zero-order valence-electron chi connectivity index (χ0n) is 10.3. The molecule has 0 bridgehead atoms. The number of aliphatic hydroxyl groups excluding tert-OH is 1. The topological polar surface area (TPSA) is 98.7 Å². The Labute approximate surface area is 110 Å². The fraction of sp³-hybridized carbons (Fsp3) is 0.385. The van der Waals surface area contributed by atoms with E-state index >= 15 is 0 Å². The highest BCUT2D eigenvalue weighted by molar-refractivity contribution is 5.87. The van der Waals surface area contributed by atoms with E-state index in [4.69, 9.17) is 10.2 Å². The molecule has 0 fully saturated rings. The van der Waals surface area contributed by atoms with Gasteiger partial charge in [0.25, 0.3) is 0 Å². The van der Waals surface area contributed by atoms with Gasteiger partial charge >= 0.3 is 5.97 Å². The van der Waals surface area contributed by atoms with Crippen LogP contribution in [0.5, 0.6) is 0 Å². The van der Waals surface area contributed by atoms with Crippen LogP contribution in [0.1, 0.15) is 11.1 Å². The van der Waals surface area contributed by atoms with E-state index in [0.717, 1.165) is 11.1 Å². The van der Waals surface area contributed by atoms with Crippen molar-refractivity contribution in [3.8, 4) is 0 Å². The molecule has 1 unspecified atom stereocenters. The fourth-order valence-corrected chi connectivity index (χ4v) is 2.10. The summed E-state index contributed by atoms with van der Waals surface area (Å²) in [5.41, 5.74) is 2.22. The molecule has 19 heavy (non-hydrogen) atoms. The molecule has 2 rings (SSSR count). The van der Waals surface area contributed by atoms with E-state index in [-0.39, 0.29) is 0 Å². The molecule has 1 heterocycles. The number of nitrogens with one attached hydrogen (secondary N) is 2. The molecule has 0 radical (unpaired) electrons. The van der Waals surface area contributed by atoms with Crippen LogP contribution < -0.4 is 10.6 Å². The molecule has 1 aromatic rings. The summed E-state index contributed by atoms with van der Waals surface area (Å²) in [6.45, 7) is -0.0461. The molecule has 6 nitrogen and oxygen atoms in total. The first-order valence-corrected chi connectivity index (χ1v) is 6.06. The lowest BCUT2D eigenvalue weighted by Gasteiger charge is -2.26. The normalized spacial score (nSPS) is 19.3. The Balaban J connectivity index is 2.01. The predicted octanol–water partition coefficient (Wildman–Crippen LogP) is -0.737. The highest BCUT2D eigenvalue weighted by Crippen LogP contribution is 2.16. The Morgan fingerprint density at radius 3 is 2.68 bits per heavy atom. The number of aliphatic carboxylic acids is 1. The van der Waals surface area contributed by atoms with Gasteiger partial charge < -0.3 is 20.8 Å². The first kappa shape index (κ1) is 13.5. The van der Waals surface area contributed by atoms with Crippen molar-refractivity contribution in [2.24, 2.45) is 0 Å². The number of hydrogen-bond donors (Lipinski definition) is 4. The van der Waals surface area contributed by atoms with Crippen molar-refractivity contribution in [1.29, 1.82) is 0 Å². The standard InChI is InChI=1S/C13H16N2O4/c16-7-11(13(18)19)15-12(17)10-5-8-3-1-2-4-9(8)6-14-10/h1-4,10-11,14,16H,5-7H2,(H,15,17)(H,18,19)/t10?,11-/m0/s1.